The van der Waals surface area contributed by atoms with E-state index < -0.39 is 51.4 Å². The first-order chi connectivity index (χ1) is 9.59. The summed E-state index contributed by atoms with van der Waals surface area (Å²) in [7, 11) is 0. The highest BCUT2D eigenvalue weighted by molar-refractivity contribution is 6.45. The molecule has 0 radical (unpaired) electrons. The molecule has 0 unspecified atom stereocenters. The van der Waals surface area contributed by atoms with Gasteiger partial charge in [0.1, 0.15) is 0 Å². The molecule has 2 N–H and O–H groups in total. The molecule has 6 nitrogen and oxygen atoms in total. The third kappa shape index (κ3) is 7.39. The maximum atomic E-state index is 9.49. The minimum Gasteiger partial charge on any atom is -0.450 e. The number of carbonyl (C=O) groups is 2. The molecule has 12 heteroatoms. The standard InChI is InChI=1S/C6H6Cl6.C3H4O6/c7-1-2(8)4(10)6(12)5(11)3(1)9;4-2(5)8-1-9-3(6)7/h1-6H;1H2,(H,4,5)(H,6,7). The Balaban J connectivity index is 0.000000400. The van der Waals surface area contributed by atoms with Gasteiger partial charge >= 0.3 is 12.3 Å². The molecular weight excluding hydrogens is 417 g/mol. The van der Waals surface area contributed by atoms with E-state index in [4.69, 9.17) is 79.8 Å². The van der Waals surface area contributed by atoms with Crippen molar-refractivity contribution in [3.8, 4) is 0 Å². The third-order valence-electron chi connectivity index (χ3n) is 2.19. The summed E-state index contributed by atoms with van der Waals surface area (Å²) in [4.78, 5) is 19.0. The second-order valence-electron chi connectivity index (χ2n) is 3.60. The van der Waals surface area contributed by atoms with Gasteiger partial charge in [-0.3, -0.25) is 0 Å². The average molecular weight is 427 g/mol. The fourth-order valence-corrected chi connectivity index (χ4v) is 3.51. The zero-order valence-corrected chi connectivity index (χ0v) is 14.5. The molecule has 1 saturated carbocycles. The Labute approximate surface area is 150 Å². The summed E-state index contributed by atoms with van der Waals surface area (Å²) in [5, 5.41) is 12.8. The third-order valence-corrected chi connectivity index (χ3v) is 6.22. The van der Waals surface area contributed by atoms with Crippen LogP contribution in [0.3, 0.4) is 0 Å². The van der Waals surface area contributed by atoms with Crippen LogP contribution in [0.5, 0.6) is 0 Å². The highest BCUT2D eigenvalue weighted by atomic mass is 35.5. The van der Waals surface area contributed by atoms with Gasteiger partial charge in [-0.05, 0) is 0 Å². The van der Waals surface area contributed by atoms with Crippen LogP contribution in [0.2, 0.25) is 0 Å². The Hall–Kier alpha value is 0.280. The first-order valence-corrected chi connectivity index (χ1v) is 7.77. The van der Waals surface area contributed by atoms with E-state index in [2.05, 4.69) is 9.47 Å². The van der Waals surface area contributed by atoms with Gasteiger partial charge in [-0.15, -0.1) is 69.6 Å². The van der Waals surface area contributed by atoms with Gasteiger partial charge in [0.05, 0.1) is 32.3 Å². The van der Waals surface area contributed by atoms with E-state index in [0.717, 1.165) is 0 Å². The zero-order chi connectivity index (χ0) is 16.7. The molecule has 0 aromatic heterocycles. The molecule has 1 aliphatic rings. The summed E-state index contributed by atoms with van der Waals surface area (Å²) in [5.41, 5.74) is 0. The molecule has 0 aliphatic heterocycles. The Morgan fingerprint density at radius 3 is 1.00 bits per heavy atom. The molecule has 21 heavy (non-hydrogen) atoms. The van der Waals surface area contributed by atoms with E-state index in [1.54, 1.807) is 0 Å². The van der Waals surface area contributed by atoms with Crippen LogP contribution in [0, 0.1) is 0 Å². The molecule has 1 rings (SSSR count). The highest BCUT2D eigenvalue weighted by Gasteiger charge is 2.46. The quantitative estimate of drug-likeness (QED) is 0.394. The Bertz CT molecular complexity index is 285. The number of carboxylic acid groups (broad SMARTS) is 2. The largest absolute Gasteiger partial charge is 0.508 e. The average Bonchev–Trinajstić information content (AvgIpc) is 2.41. The number of rotatable bonds is 2. The first-order valence-electron chi connectivity index (χ1n) is 5.15. The summed E-state index contributed by atoms with van der Waals surface area (Å²) >= 11 is 35.3. The van der Waals surface area contributed by atoms with Crippen molar-refractivity contribution in [2.75, 3.05) is 6.79 Å². The summed E-state index contributed by atoms with van der Waals surface area (Å²) in [6, 6.07) is 0. The van der Waals surface area contributed by atoms with Crippen LogP contribution in [-0.4, -0.2) is 61.6 Å². The van der Waals surface area contributed by atoms with Crippen molar-refractivity contribution < 1.29 is 29.3 Å². The number of hydrogen-bond acceptors (Lipinski definition) is 4. The predicted molar refractivity (Wildman–Crippen MR) is 80.9 cm³/mol. The maximum absolute atomic E-state index is 9.49. The van der Waals surface area contributed by atoms with Crippen molar-refractivity contribution in [1.82, 2.24) is 0 Å². The first kappa shape index (κ1) is 21.3. The lowest BCUT2D eigenvalue weighted by Crippen LogP contribution is -2.52. The van der Waals surface area contributed by atoms with Crippen LogP contribution in [0.25, 0.3) is 0 Å². The minimum absolute atomic E-state index is 0.437. The Morgan fingerprint density at radius 2 is 0.857 bits per heavy atom. The zero-order valence-electron chi connectivity index (χ0n) is 9.97. The molecule has 0 aromatic rings. The number of ether oxygens (including phenoxy) is 2. The topological polar surface area (TPSA) is 93.1 Å². The predicted octanol–water partition coefficient (Wildman–Crippen LogP) is 3.98. The SMILES string of the molecule is ClC1C(Cl)C(Cl)C(Cl)C(Cl)C1Cl.O=C(O)OCOC(=O)O. The van der Waals surface area contributed by atoms with E-state index in [1.165, 1.54) is 0 Å². The fourth-order valence-electron chi connectivity index (χ4n) is 1.18. The summed E-state index contributed by atoms with van der Waals surface area (Å²) in [6.07, 6.45) is -3.15. The summed E-state index contributed by atoms with van der Waals surface area (Å²) < 4.78 is 7.33. The van der Waals surface area contributed by atoms with Crippen molar-refractivity contribution in [2.24, 2.45) is 0 Å². The second-order valence-corrected chi connectivity index (χ2v) is 6.63. The van der Waals surface area contributed by atoms with Gasteiger partial charge in [-0.25, -0.2) is 9.59 Å². The smallest absolute Gasteiger partial charge is 0.450 e. The van der Waals surface area contributed by atoms with Crippen LogP contribution in [0.15, 0.2) is 0 Å². The van der Waals surface area contributed by atoms with Crippen LogP contribution >= 0.6 is 69.6 Å². The normalized spacial score (nSPS) is 35.1. The van der Waals surface area contributed by atoms with E-state index in [-0.39, 0.29) is 0 Å². The molecule has 0 amide bonds. The molecule has 0 atom stereocenters. The van der Waals surface area contributed by atoms with Gasteiger partial charge in [0.15, 0.2) is 0 Å². The lowest BCUT2D eigenvalue weighted by atomic mass is 9.97. The van der Waals surface area contributed by atoms with Gasteiger partial charge in [0.2, 0.25) is 6.79 Å². The Morgan fingerprint density at radius 1 is 0.667 bits per heavy atom. The van der Waals surface area contributed by atoms with E-state index >= 15 is 0 Å². The van der Waals surface area contributed by atoms with Gasteiger partial charge < -0.3 is 19.7 Å². The van der Waals surface area contributed by atoms with Gasteiger partial charge in [-0.1, -0.05) is 0 Å². The molecule has 124 valence electrons. The summed E-state index contributed by atoms with van der Waals surface area (Å²) in [6.45, 7) is -0.787. The maximum Gasteiger partial charge on any atom is 0.508 e. The van der Waals surface area contributed by atoms with Crippen LogP contribution in [0.1, 0.15) is 0 Å². The van der Waals surface area contributed by atoms with Crippen molar-refractivity contribution >= 4 is 81.9 Å². The molecule has 0 saturated heterocycles. The van der Waals surface area contributed by atoms with E-state index in [1.807, 2.05) is 0 Å². The van der Waals surface area contributed by atoms with E-state index in [9.17, 15) is 9.59 Å². The molecule has 0 spiro atoms. The molecule has 0 heterocycles. The molecular formula is C9H10Cl6O6. The lowest BCUT2D eigenvalue weighted by molar-refractivity contribution is -0.0167. The molecule has 0 aromatic carbocycles. The second kappa shape index (κ2) is 10.1. The van der Waals surface area contributed by atoms with Crippen molar-refractivity contribution in [1.29, 1.82) is 0 Å². The van der Waals surface area contributed by atoms with Gasteiger partial charge in [0.25, 0.3) is 0 Å². The van der Waals surface area contributed by atoms with Crippen LogP contribution in [-0.2, 0) is 9.47 Å². The molecule has 0 bridgehead atoms. The minimum atomic E-state index is -1.57. The van der Waals surface area contributed by atoms with Gasteiger partial charge in [-0.2, -0.15) is 0 Å². The molecule has 1 fully saturated rings. The van der Waals surface area contributed by atoms with Crippen molar-refractivity contribution in [2.45, 2.75) is 32.3 Å². The van der Waals surface area contributed by atoms with Crippen molar-refractivity contribution in [3.63, 3.8) is 0 Å². The summed E-state index contributed by atoms with van der Waals surface area (Å²) in [5.74, 6) is 0. The molecule has 1 aliphatic carbocycles. The highest BCUT2D eigenvalue weighted by Crippen LogP contribution is 2.39. The van der Waals surface area contributed by atoms with Gasteiger partial charge in [0, 0.05) is 0 Å². The fraction of sp³-hybridized carbons (Fsp3) is 0.778. The van der Waals surface area contributed by atoms with Crippen LogP contribution < -0.4 is 0 Å². The number of alkyl halides is 6. The van der Waals surface area contributed by atoms with E-state index in [0.29, 0.717) is 0 Å². The van der Waals surface area contributed by atoms with Crippen molar-refractivity contribution in [3.05, 3.63) is 0 Å². The van der Waals surface area contributed by atoms with Crippen LogP contribution in [0.4, 0.5) is 9.59 Å². The Kier molecular flexibility index (Phi) is 10.3. The lowest BCUT2D eigenvalue weighted by Gasteiger charge is -2.37. The number of hydrogen-bond donors (Lipinski definition) is 2. The number of halogens is 6. The monoisotopic (exact) mass is 424 g/mol.